The lowest BCUT2D eigenvalue weighted by Gasteiger charge is -1.98. The van der Waals surface area contributed by atoms with Crippen LogP contribution in [0, 0.1) is 0 Å². The van der Waals surface area contributed by atoms with E-state index in [4.69, 9.17) is 0 Å². The van der Waals surface area contributed by atoms with Gasteiger partial charge in [0.15, 0.2) is 12.0 Å². The van der Waals surface area contributed by atoms with Crippen LogP contribution in [0.4, 0.5) is 13.2 Å². The van der Waals surface area contributed by atoms with Crippen molar-refractivity contribution in [3.63, 3.8) is 0 Å². The molecule has 0 fully saturated rings. The molecular weight excluding hydrogens is 241 g/mol. The number of carbonyl (C=O) groups is 1. The van der Waals surface area contributed by atoms with Gasteiger partial charge >= 0.3 is 6.18 Å². The Balaban J connectivity index is 3.13. The summed E-state index contributed by atoms with van der Waals surface area (Å²) in [7, 11) is 0. The Labute approximate surface area is 73.5 Å². The molecule has 0 aliphatic heterocycles. The van der Waals surface area contributed by atoms with Gasteiger partial charge in [-0.1, -0.05) is 0 Å². The van der Waals surface area contributed by atoms with E-state index < -0.39 is 11.9 Å². The maximum atomic E-state index is 11.9. The van der Waals surface area contributed by atoms with Gasteiger partial charge in [-0.15, -0.1) is 0 Å². The summed E-state index contributed by atoms with van der Waals surface area (Å²) < 4.78 is 39.9. The third-order valence-corrected chi connectivity index (χ3v) is 1.72. The Bertz CT molecular complexity index is 302. The number of furan rings is 1. The summed E-state index contributed by atoms with van der Waals surface area (Å²) in [5.74, 6) is -1.54. The number of carbonyl (C=O) groups excluding carboxylic acids is 1. The summed E-state index contributed by atoms with van der Waals surface area (Å²) in [6, 6.07) is 0.712. The molecule has 0 bridgehead atoms. The van der Waals surface area contributed by atoms with Crippen molar-refractivity contribution in [1.82, 2.24) is 0 Å². The average molecular weight is 243 g/mol. The Morgan fingerprint density at radius 1 is 1.50 bits per heavy atom. The standard InChI is InChI=1S/C6H2BrF3O2/c7-3-1-5(6(8,9)10)12-4(3)2-11/h1-2H. The molecule has 0 unspecified atom stereocenters. The predicted octanol–water partition coefficient (Wildman–Crippen LogP) is 2.87. The van der Waals surface area contributed by atoms with Gasteiger partial charge in [-0.3, -0.25) is 4.79 Å². The molecule has 1 rings (SSSR count). The molecule has 0 saturated heterocycles. The molecule has 6 heteroatoms. The average Bonchev–Trinajstić information content (AvgIpc) is 2.29. The fraction of sp³-hybridized carbons (Fsp3) is 0.167. The fourth-order valence-electron chi connectivity index (χ4n) is 0.603. The zero-order chi connectivity index (χ0) is 9.35. The molecule has 0 saturated carbocycles. The van der Waals surface area contributed by atoms with E-state index in [-0.39, 0.29) is 16.5 Å². The molecular formula is C6H2BrF3O2. The molecule has 0 spiro atoms. The van der Waals surface area contributed by atoms with Crippen LogP contribution in [0.5, 0.6) is 0 Å². The predicted molar refractivity (Wildman–Crippen MR) is 36.8 cm³/mol. The van der Waals surface area contributed by atoms with Crippen LogP contribution in [-0.4, -0.2) is 6.29 Å². The Hall–Kier alpha value is -0.780. The lowest BCUT2D eigenvalue weighted by molar-refractivity contribution is -0.153. The lowest BCUT2D eigenvalue weighted by Crippen LogP contribution is -2.02. The minimum Gasteiger partial charge on any atom is -0.447 e. The van der Waals surface area contributed by atoms with Crippen LogP contribution in [-0.2, 0) is 6.18 Å². The molecule has 66 valence electrons. The molecule has 0 aromatic carbocycles. The number of halogens is 4. The Morgan fingerprint density at radius 2 is 2.08 bits per heavy atom. The van der Waals surface area contributed by atoms with Crippen molar-refractivity contribution in [3.8, 4) is 0 Å². The highest BCUT2D eigenvalue weighted by atomic mass is 79.9. The maximum Gasteiger partial charge on any atom is 0.449 e. The van der Waals surface area contributed by atoms with Gasteiger partial charge in [0.2, 0.25) is 5.76 Å². The summed E-state index contributed by atoms with van der Waals surface area (Å²) in [5.41, 5.74) is 0. The van der Waals surface area contributed by atoms with Gasteiger partial charge in [-0.05, 0) is 15.9 Å². The van der Waals surface area contributed by atoms with E-state index in [0.717, 1.165) is 0 Å². The van der Waals surface area contributed by atoms with Crippen molar-refractivity contribution < 1.29 is 22.4 Å². The third-order valence-electron chi connectivity index (χ3n) is 1.10. The number of hydrogen-bond acceptors (Lipinski definition) is 2. The summed E-state index contributed by atoms with van der Waals surface area (Å²) >= 11 is 2.74. The summed E-state index contributed by atoms with van der Waals surface area (Å²) in [5, 5.41) is 0. The topological polar surface area (TPSA) is 30.2 Å². The molecule has 0 amide bonds. The first-order chi connectivity index (χ1) is 5.45. The number of alkyl halides is 3. The van der Waals surface area contributed by atoms with Gasteiger partial charge in [-0.25, -0.2) is 0 Å². The van der Waals surface area contributed by atoms with Gasteiger partial charge in [0.1, 0.15) is 0 Å². The van der Waals surface area contributed by atoms with Crippen LogP contribution >= 0.6 is 15.9 Å². The van der Waals surface area contributed by atoms with Crippen molar-refractivity contribution in [2.24, 2.45) is 0 Å². The van der Waals surface area contributed by atoms with E-state index in [2.05, 4.69) is 20.3 Å². The van der Waals surface area contributed by atoms with Crippen molar-refractivity contribution in [2.75, 3.05) is 0 Å². The molecule has 1 heterocycles. The monoisotopic (exact) mass is 242 g/mol. The minimum atomic E-state index is -4.55. The molecule has 0 aliphatic carbocycles. The number of hydrogen-bond donors (Lipinski definition) is 0. The van der Waals surface area contributed by atoms with Crippen molar-refractivity contribution in [1.29, 1.82) is 0 Å². The number of aldehydes is 1. The highest BCUT2D eigenvalue weighted by Crippen LogP contribution is 2.33. The van der Waals surface area contributed by atoms with Crippen molar-refractivity contribution >= 4 is 22.2 Å². The second kappa shape index (κ2) is 2.93. The third kappa shape index (κ3) is 1.69. The van der Waals surface area contributed by atoms with Crippen LogP contribution < -0.4 is 0 Å². The fourth-order valence-corrected chi connectivity index (χ4v) is 0.985. The first kappa shape index (κ1) is 9.31. The van der Waals surface area contributed by atoms with Crippen molar-refractivity contribution in [3.05, 3.63) is 22.1 Å². The van der Waals surface area contributed by atoms with E-state index in [9.17, 15) is 18.0 Å². The molecule has 1 aromatic rings. The molecule has 1 aromatic heterocycles. The molecule has 0 aliphatic rings. The number of rotatable bonds is 1. The van der Waals surface area contributed by atoms with Gasteiger partial charge in [0, 0.05) is 6.07 Å². The zero-order valence-electron chi connectivity index (χ0n) is 5.48. The smallest absolute Gasteiger partial charge is 0.447 e. The first-order valence-electron chi connectivity index (χ1n) is 2.77. The highest BCUT2D eigenvalue weighted by Gasteiger charge is 2.35. The van der Waals surface area contributed by atoms with Crippen LogP contribution in [0.2, 0.25) is 0 Å². The SMILES string of the molecule is O=Cc1oc(C(F)(F)F)cc1Br. The first-order valence-corrected chi connectivity index (χ1v) is 3.56. The quantitative estimate of drug-likeness (QED) is 0.710. The van der Waals surface area contributed by atoms with Crippen LogP contribution in [0.3, 0.4) is 0 Å². The van der Waals surface area contributed by atoms with Gasteiger partial charge in [-0.2, -0.15) is 13.2 Å². The zero-order valence-corrected chi connectivity index (χ0v) is 7.07. The highest BCUT2D eigenvalue weighted by molar-refractivity contribution is 9.10. The summed E-state index contributed by atoms with van der Waals surface area (Å²) in [6.45, 7) is 0. The molecule has 0 atom stereocenters. The summed E-state index contributed by atoms with van der Waals surface area (Å²) in [4.78, 5) is 10.1. The van der Waals surface area contributed by atoms with E-state index >= 15 is 0 Å². The Morgan fingerprint density at radius 3 is 2.33 bits per heavy atom. The molecule has 0 N–H and O–H groups in total. The normalized spacial score (nSPS) is 11.7. The maximum absolute atomic E-state index is 11.9. The Kier molecular flexibility index (Phi) is 2.27. The van der Waals surface area contributed by atoms with E-state index in [1.165, 1.54) is 0 Å². The lowest BCUT2D eigenvalue weighted by atomic mass is 10.4. The van der Waals surface area contributed by atoms with Gasteiger partial charge in [0.05, 0.1) is 4.47 Å². The van der Waals surface area contributed by atoms with Gasteiger partial charge in [0.25, 0.3) is 0 Å². The molecule has 2 nitrogen and oxygen atoms in total. The second-order valence-electron chi connectivity index (χ2n) is 1.94. The van der Waals surface area contributed by atoms with Crippen LogP contribution in [0.1, 0.15) is 16.3 Å². The summed E-state index contributed by atoms with van der Waals surface area (Å²) in [6.07, 6.45) is -4.34. The van der Waals surface area contributed by atoms with Crippen LogP contribution in [0.15, 0.2) is 15.0 Å². The van der Waals surface area contributed by atoms with E-state index in [1.54, 1.807) is 0 Å². The van der Waals surface area contributed by atoms with E-state index in [0.29, 0.717) is 6.07 Å². The van der Waals surface area contributed by atoms with Crippen molar-refractivity contribution in [2.45, 2.75) is 6.18 Å². The largest absolute Gasteiger partial charge is 0.449 e. The molecule has 12 heavy (non-hydrogen) atoms. The minimum absolute atomic E-state index is 0.00447. The van der Waals surface area contributed by atoms with E-state index in [1.807, 2.05) is 0 Å². The molecule has 0 radical (unpaired) electrons. The second-order valence-corrected chi connectivity index (χ2v) is 2.79. The van der Waals surface area contributed by atoms with Crippen LogP contribution in [0.25, 0.3) is 0 Å². The van der Waals surface area contributed by atoms with Gasteiger partial charge < -0.3 is 4.42 Å².